The number of fused-ring (bicyclic) bond motifs is 2. The third-order valence-electron chi connectivity index (χ3n) is 5.52. The molecule has 0 amide bonds. The van der Waals surface area contributed by atoms with Crippen molar-refractivity contribution in [1.29, 1.82) is 0 Å². The summed E-state index contributed by atoms with van der Waals surface area (Å²) in [7, 11) is 0. The van der Waals surface area contributed by atoms with Crippen molar-refractivity contribution < 1.29 is 0 Å². The second-order valence-corrected chi connectivity index (χ2v) is 8.15. The molecule has 1 saturated carbocycles. The topological polar surface area (TPSA) is 15.3 Å². The normalized spacial score (nSPS) is 31.5. The van der Waals surface area contributed by atoms with E-state index in [2.05, 4.69) is 48.5 Å². The second-order valence-electron chi connectivity index (χ2n) is 7.17. The number of likely N-dealkylation sites (tertiary alicyclic amines) is 1. The van der Waals surface area contributed by atoms with Crippen molar-refractivity contribution in [3.05, 3.63) is 22.4 Å². The number of nitrogens with one attached hydrogen (secondary N) is 1. The van der Waals surface area contributed by atoms with Crippen LogP contribution in [0.5, 0.6) is 0 Å². The van der Waals surface area contributed by atoms with Crippen molar-refractivity contribution in [3.63, 3.8) is 0 Å². The molecule has 1 aromatic heterocycles. The van der Waals surface area contributed by atoms with E-state index in [9.17, 15) is 0 Å². The van der Waals surface area contributed by atoms with Gasteiger partial charge in [-0.3, -0.25) is 0 Å². The highest BCUT2D eigenvalue weighted by Gasteiger charge is 2.40. The quantitative estimate of drug-likeness (QED) is 0.872. The van der Waals surface area contributed by atoms with E-state index in [4.69, 9.17) is 0 Å². The van der Waals surface area contributed by atoms with Gasteiger partial charge in [-0.2, -0.15) is 0 Å². The fraction of sp³-hybridized carbons (Fsp3) is 0.778. The number of piperidine rings is 1. The SMILES string of the molecule is CCC(NC1C2CCCC1CN(C(C)C)C2)c1cccs1. The molecule has 3 unspecified atom stereocenters. The van der Waals surface area contributed by atoms with Gasteiger partial charge in [0.25, 0.3) is 0 Å². The van der Waals surface area contributed by atoms with E-state index in [1.807, 2.05) is 11.3 Å². The molecule has 3 atom stereocenters. The molecule has 0 radical (unpaired) electrons. The highest BCUT2D eigenvalue weighted by atomic mass is 32.1. The van der Waals surface area contributed by atoms with Crippen molar-refractivity contribution >= 4 is 11.3 Å². The first-order valence-corrected chi connectivity index (χ1v) is 9.60. The van der Waals surface area contributed by atoms with Crippen molar-refractivity contribution in [2.45, 2.75) is 64.6 Å². The molecule has 2 heterocycles. The molecule has 118 valence electrons. The summed E-state index contributed by atoms with van der Waals surface area (Å²) in [6, 6.07) is 6.48. The van der Waals surface area contributed by atoms with E-state index in [1.54, 1.807) is 0 Å². The predicted molar refractivity (Wildman–Crippen MR) is 91.8 cm³/mol. The molecular weight excluding hydrogens is 276 g/mol. The molecule has 1 aliphatic carbocycles. The van der Waals surface area contributed by atoms with Crippen molar-refractivity contribution in [2.24, 2.45) is 11.8 Å². The van der Waals surface area contributed by atoms with Crippen LogP contribution >= 0.6 is 11.3 Å². The summed E-state index contributed by atoms with van der Waals surface area (Å²) >= 11 is 1.90. The van der Waals surface area contributed by atoms with Crippen molar-refractivity contribution in [3.8, 4) is 0 Å². The first kappa shape index (κ1) is 15.5. The Bertz CT molecular complexity index is 414. The molecule has 1 aliphatic heterocycles. The number of rotatable bonds is 5. The van der Waals surface area contributed by atoms with E-state index in [0.717, 1.165) is 17.9 Å². The summed E-state index contributed by atoms with van der Waals surface area (Å²) in [5, 5.41) is 6.26. The lowest BCUT2D eigenvalue weighted by Crippen LogP contribution is -2.58. The molecule has 2 bridgehead atoms. The Balaban J connectivity index is 1.70. The van der Waals surface area contributed by atoms with Crippen LogP contribution in [0.1, 0.15) is 57.4 Å². The highest BCUT2D eigenvalue weighted by Crippen LogP contribution is 2.37. The molecule has 3 rings (SSSR count). The summed E-state index contributed by atoms with van der Waals surface area (Å²) in [6.45, 7) is 9.61. The van der Waals surface area contributed by atoms with Gasteiger partial charge in [-0.25, -0.2) is 0 Å². The van der Waals surface area contributed by atoms with Crippen LogP contribution in [0.25, 0.3) is 0 Å². The Morgan fingerprint density at radius 2 is 2.00 bits per heavy atom. The summed E-state index contributed by atoms with van der Waals surface area (Å²) in [5.74, 6) is 1.71. The van der Waals surface area contributed by atoms with E-state index in [1.165, 1.54) is 43.6 Å². The molecule has 3 heteroatoms. The molecule has 1 N–H and O–H groups in total. The van der Waals surface area contributed by atoms with Crippen molar-refractivity contribution in [1.82, 2.24) is 10.2 Å². The highest BCUT2D eigenvalue weighted by molar-refractivity contribution is 7.10. The van der Waals surface area contributed by atoms with Gasteiger partial charge in [-0.15, -0.1) is 11.3 Å². The predicted octanol–water partition coefficient (Wildman–Crippen LogP) is 4.30. The smallest absolute Gasteiger partial charge is 0.0414 e. The number of hydrogen-bond acceptors (Lipinski definition) is 3. The van der Waals surface area contributed by atoms with Crippen LogP contribution in [0.4, 0.5) is 0 Å². The molecular formula is C18H30N2S. The van der Waals surface area contributed by atoms with E-state index < -0.39 is 0 Å². The zero-order valence-corrected chi connectivity index (χ0v) is 14.5. The second kappa shape index (κ2) is 6.80. The summed E-state index contributed by atoms with van der Waals surface area (Å²) < 4.78 is 0. The number of hydrogen-bond donors (Lipinski definition) is 1. The first-order chi connectivity index (χ1) is 10.2. The molecule has 2 fully saturated rings. The summed E-state index contributed by atoms with van der Waals surface area (Å²) in [4.78, 5) is 4.22. The van der Waals surface area contributed by atoms with E-state index >= 15 is 0 Å². The maximum absolute atomic E-state index is 4.05. The Labute approximate surface area is 133 Å². The lowest BCUT2D eigenvalue weighted by Gasteiger charge is -2.50. The summed E-state index contributed by atoms with van der Waals surface area (Å²) in [6.07, 6.45) is 5.47. The molecule has 2 aliphatic rings. The minimum atomic E-state index is 0.559. The average Bonchev–Trinajstić information content (AvgIpc) is 2.97. The monoisotopic (exact) mass is 306 g/mol. The standard InChI is InChI=1S/C18H30N2S/c1-4-16(17-9-6-10-21-17)19-18-14-7-5-8-15(18)12-20(11-14)13(2)3/h6,9-10,13-16,18-19H,4-5,7-8,11-12H2,1-3H3. The van der Waals surface area contributed by atoms with E-state index in [-0.39, 0.29) is 0 Å². The Kier molecular flexibility index (Phi) is 5.03. The number of nitrogens with zero attached hydrogens (tertiary/aromatic N) is 1. The molecule has 21 heavy (non-hydrogen) atoms. The molecule has 2 nitrogen and oxygen atoms in total. The van der Waals surface area contributed by atoms with Crippen molar-refractivity contribution in [2.75, 3.05) is 13.1 Å². The van der Waals surface area contributed by atoms with Crippen LogP contribution in [0, 0.1) is 11.8 Å². The fourth-order valence-electron chi connectivity index (χ4n) is 4.29. The van der Waals surface area contributed by atoms with Gasteiger partial charge in [0.2, 0.25) is 0 Å². The molecule has 1 saturated heterocycles. The van der Waals surface area contributed by atoms with E-state index in [0.29, 0.717) is 12.1 Å². The van der Waals surface area contributed by atoms with Gasteiger partial charge >= 0.3 is 0 Å². The van der Waals surface area contributed by atoms with Crippen LogP contribution in [0.3, 0.4) is 0 Å². The molecule has 1 aromatic rings. The molecule has 0 spiro atoms. The van der Waals surface area contributed by atoms with Crippen LogP contribution in [-0.4, -0.2) is 30.1 Å². The van der Waals surface area contributed by atoms with Gasteiger partial charge in [0.15, 0.2) is 0 Å². The zero-order chi connectivity index (χ0) is 14.8. The Morgan fingerprint density at radius 3 is 2.52 bits per heavy atom. The van der Waals surface area contributed by atoms with Gasteiger partial charge in [-0.05, 0) is 56.4 Å². The third-order valence-corrected chi connectivity index (χ3v) is 6.51. The third kappa shape index (κ3) is 3.35. The molecule has 0 aromatic carbocycles. The van der Waals surface area contributed by atoms with Gasteiger partial charge in [0, 0.05) is 36.1 Å². The van der Waals surface area contributed by atoms with Gasteiger partial charge in [0.1, 0.15) is 0 Å². The fourth-order valence-corrected chi connectivity index (χ4v) is 5.16. The lowest BCUT2D eigenvalue weighted by molar-refractivity contribution is 0.0248. The minimum Gasteiger partial charge on any atom is -0.306 e. The largest absolute Gasteiger partial charge is 0.306 e. The minimum absolute atomic E-state index is 0.559. The lowest BCUT2D eigenvalue weighted by atomic mass is 9.73. The number of thiophene rings is 1. The maximum atomic E-state index is 4.05. The first-order valence-electron chi connectivity index (χ1n) is 8.72. The van der Waals surface area contributed by atoms with Crippen LogP contribution in [0.15, 0.2) is 17.5 Å². The van der Waals surface area contributed by atoms with Gasteiger partial charge in [0.05, 0.1) is 0 Å². The Morgan fingerprint density at radius 1 is 1.29 bits per heavy atom. The van der Waals surface area contributed by atoms with Crippen LogP contribution in [-0.2, 0) is 0 Å². The maximum Gasteiger partial charge on any atom is 0.0414 e. The zero-order valence-electron chi connectivity index (χ0n) is 13.7. The van der Waals surface area contributed by atoms with Gasteiger partial charge < -0.3 is 10.2 Å². The Hall–Kier alpha value is -0.380. The average molecular weight is 307 g/mol. The van der Waals surface area contributed by atoms with Gasteiger partial charge in [-0.1, -0.05) is 19.4 Å². The van der Waals surface area contributed by atoms with Crippen LogP contribution in [0.2, 0.25) is 0 Å². The summed E-state index contributed by atoms with van der Waals surface area (Å²) in [5.41, 5.74) is 0. The van der Waals surface area contributed by atoms with Crippen LogP contribution < -0.4 is 5.32 Å².